The molecule has 2 N–H and O–H groups in total. The molecule has 0 saturated carbocycles. The normalized spacial score (nSPS) is 18.2. The predicted molar refractivity (Wildman–Crippen MR) is 84.2 cm³/mol. The van der Waals surface area contributed by atoms with Crippen molar-refractivity contribution in [3.8, 4) is 0 Å². The number of aromatic amines is 1. The van der Waals surface area contributed by atoms with Crippen molar-refractivity contribution in [2.24, 2.45) is 0 Å². The summed E-state index contributed by atoms with van der Waals surface area (Å²) in [5, 5.41) is 4.43. The Morgan fingerprint density at radius 2 is 2.36 bits per heavy atom. The average Bonchev–Trinajstić information content (AvgIpc) is 3.24. The van der Waals surface area contributed by atoms with E-state index in [1.54, 1.807) is 30.2 Å². The lowest BCUT2D eigenvalue weighted by atomic mass is 9.92. The van der Waals surface area contributed by atoms with Crippen molar-refractivity contribution in [1.29, 1.82) is 0 Å². The summed E-state index contributed by atoms with van der Waals surface area (Å²) in [6, 6.07) is 1.79. The fourth-order valence-corrected chi connectivity index (χ4v) is 3.46. The number of carbonyl (C=O) groups excluding carboxylic acids is 2. The minimum Gasteiger partial charge on any atom is -0.364 e. The molecule has 6 nitrogen and oxygen atoms in total. The zero-order valence-corrected chi connectivity index (χ0v) is 13.2. The zero-order chi connectivity index (χ0) is 15.5. The highest BCUT2D eigenvalue weighted by atomic mass is 32.1. The fraction of sp³-hybridized carbons (Fsp3) is 0.400. The molecule has 0 aliphatic carbocycles. The summed E-state index contributed by atoms with van der Waals surface area (Å²) in [7, 11) is 1.62. The Labute approximate surface area is 132 Å². The van der Waals surface area contributed by atoms with Crippen LogP contribution in [0.4, 0.5) is 0 Å². The molecule has 3 rings (SSSR count). The summed E-state index contributed by atoms with van der Waals surface area (Å²) in [5.74, 6) is 0.0248. The molecule has 7 heteroatoms. The average molecular weight is 318 g/mol. The molecule has 2 amide bonds. The highest BCUT2D eigenvalue weighted by molar-refractivity contribution is 7.07. The van der Waals surface area contributed by atoms with E-state index in [4.69, 9.17) is 0 Å². The van der Waals surface area contributed by atoms with Gasteiger partial charge in [0.1, 0.15) is 5.69 Å². The van der Waals surface area contributed by atoms with Crippen molar-refractivity contribution in [1.82, 2.24) is 20.2 Å². The van der Waals surface area contributed by atoms with Crippen molar-refractivity contribution in [3.05, 3.63) is 40.1 Å². The highest BCUT2D eigenvalue weighted by Gasteiger charge is 2.29. The van der Waals surface area contributed by atoms with Gasteiger partial charge >= 0.3 is 0 Å². The second-order valence-corrected chi connectivity index (χ2v) is 6.07. The lowest BCUT2D eigenvalue weighted by Gasteiger charge is -2.32. The van der Waals surface area contributed by atoms with E-state index in [0.29, 0.717) is 17.8 Å². The van der Waals surface area contributed by atoms with E-state index in [1.807, 2.05) is 4.90 Å². The summed E-state index contributed by atoms with van der Waals surface area (Å²) in [5.41, 5.74) is 3.75. The fourth-order valence-electron chi connectivity index (χ4n) is 2.93. The van der Waals surface area contributed by atoms with Crippen molar-refractivity contribution < 1.29 is 9.59 Å². The number of amides is 2. The molecule has 116 valence electrons. The molecule has 0 bridgehead atoms. The van der Waals surface area contributed by atoms with Crippen molar-refractivity contribution in [3.63, 3.8) is 0 Å². The standard InChI is InChI=1S/C15H18N4O2S/c1-16-14(20)11-4-5-17-13(11)10-3-2-6-19(7-10)15(21)12-8-22-9-18-12/h4-5,8-10,17H,2-3,6-7H2,1H3,(H,16,20). The van der Waals surface area contributed by atoms with Gasteiger partial charge in [0.15, 0.2) is 0 Å². The number of nitrogens with one attached hydrogen (secondary N) is 2. The number of likely N-dealkylation sites (tertiary alicyclic amines) is 1. The van der Waals surface area contributed by atoms with E-state index in [-0.39, 0.29) is 17.7 Å². The van der Waals surface area contributed by atoms with Gasteiger partial charge in [-0.15, -0.1) is 11.3 Å². The molecule has 1 unspecified atom stereocenters. The van der Waals surface area contributed by atoms with E-state index in [2.05, 4.69) is 15.3 Å². The maximum Gasteiger partial charge on any atom is 0.273 e. The Bertz CT molecular complexity index is 665. The van der Waals surface area contributed by atoms with Crippen molar-refractivity contribution >= 4 is 23.2 Å². The van der Waals surface area contributed by atoms with Crippen molar-refractivity contribution in [2.45, 2.75) is 18.8 Å². The Hall–Kier alpha value is -2.15. The van der Waals surface area contributed by atoms with Crippen molar-refractivity contribution in [2.75, 3.05) is 20.1 Å². The maximum absolute atomic E-state index is 12.4. The first kappa shape index (κ1) is 14.8. The Morgan fingerprint density at radius 3 is 3.09 bits per heavy atom. The number of thiazole rings is 1. The number of piperidine rings is 1. The smallest absolute Gasteiger partial charge is 0.273 e. The molecule has 1 aliphatic rings. The minimum absolute atomic E-state index is 0.0287. The van der Waals surface area contributed by atoms with Gasteiger partial charge in [0.25, 0.3) is 11.8 Å². The molecule has 0 spiro atoms. The van der Waals surface area contributed by atoms with Gasteiger partial charge in [-0.1, -0.05) is 0 Å². The number of nitrogens with zero attached hydrogens (tertiary/aromatic N) is 2. The van der Waals surface area contributed by atoms with E-state index >= 15 is 0 Å². The van der Waals surface area contributed by atoms with Gasteiger partial charge in [0, 0.05) is 43.3 Å². The van der Waals surface area contributed by atoms with Crippen LogP contribution in [-0.4, -0.2) is 46.8 Å². The molecule has 3 heterocycles. The van der Waals surface area contributed by atoms with Crippen LogP contribution in [0.2, 0.25) is 0 Å². The highest BCUT2D eigenvalue weighted by Crippen LogP contribution is 2.29. The van der Waals surface area contributed by atoms with E-state index < -0.39 is 0 Å². The Kier molecular flexibility index (Phi) is 4.24. The van der Waals surface area contributed by atoms with Gasteiger partial charge in [-0.3, -0.25) is 9.59 Å². The predicted octanol–water partition coefficient (Wildman–Crippen LogP) is 1.85. The first-order valence-electron chi connectivity index (χ1n) is 7.27. The second-order valence-electron chi connectivity index (χ2n) is 5.35. The van der Waals surface area contributed by atoms with Crippen LogP contribution in [0.3, 0.4) is 0 Å². The molecule has 1 fully saturated rings. The van der Waals surface area contributed by atoms with Gasteiger partial charge in [-0.2, -0.15) is 0 Å². The number of rotatable bonds is 3. The SMILES string of the molecule is CNC(=O)c1cc[nH]c1C1CCCN(C(=O)c2cscn2)C1. The lowest BCUT2D eigenvalue weighted by molar-refractivity contribution is 0.0700. The molecule has 1 aliphatic heterocycles. The largest absolute Gasteiger partial charge is 0.364 e. The van der Waals surface area contributed by atoms with Gasteiger partial charge < -0.3 is 15.2 Å². The maximum atomic E-state index is 12.4. The van der Waals surface area contributed by atoms with Gasteiger partial charge in [0.05, 0.1) is 11.1 Å². The molecule has 1 saturated heterocycles. The molecular formula is C15H18N4O2S. The third-order valence-electron chi connectivity index (χ3n) is 4.02. The Balaban J connectivity index is 1.78. The van der Waals surface area contributed by atoms with Crippen LogP contribution in [0.15, 0.2) is 23.2 Å². The second kappa shape index (κ2) is 6.31. The van der Waals surface area contributed by atoms with Crippen LogP contribution in [0.1, 0.15) is 45.3 Å². The molecule has 2 aromatic rings. The Morgan fingerprint density at radius 1 is 1.50 bits per heavy atom. The summed E-state index contributed by atoms with van der Waals surface area (Å²) in [6.07, 6.45) is 3.67. The third kappa shape index (κ3) is 2.76. The topological polar surface area (TPSA) is 78.1 Å². The summed E-state index contributed by atoms with van der Waals surface area (Å²) in [6.45, 7) is 1.35. The van der Waals surface area contributed by atoms with Crippen LogP contribution >= 0.6 is 11.3 Å². The van der Waals surface area contributed by atoms with Crippen LogP contribution in [0.5, 0.6) is 0 Å². The summed E-state index contributed by atoms with van der Waals surface area (Å²) < 4.78 is 0. The first-order valence-corrected chi connectivity index (χ1v) is 8.21. The summed E-state index contributed by atoms with van der Waals surface area (Å²) in [4.78, 5) is 33.4. The van der Waals surface area contributed by atoms with Crippen LogP contribution in [0.25, 0.3) is 0 Å². The lowest BCUT2D eigenvalue weighted by Crippen LogP contribution is -2.39. The number of aromatic nitrogens is 2. The van der Waals surface area contributed by atoms with E-state index in [1.165, 1.54) is 11.3 Å². The van der Waals surface area contributed by atoms with Gasteiger partial charge in [-0.05, 0) is 18.9 Å². The van der Waals surface area contributed by atoms with Crippen LogP contribution in [0, 0.1) is 0 Å². The third-order valence-corrected chi connectivity index (χ3v) is 4.61. The number of H-pyrrole nitrogens is 1. The molecule has 0 aromatic carbocycles. The van der Waals surface area contributed by atoms with Gasteiger partial charge in [-0.25, -0.2) is 4.98 Å². The molecule has 0 radical (unpaired) electrons. The number of hydrogen-bond acceptors (Lipinski definition) is 4. The first-order chi connectivity index (χ1) is 10.7. The molecule has 22 heavy (non-hydrogen) atoms. The molecular weight excluding hydrogens is 300 g/mol. The molecule has 1 atom stereocenters. The van der Waals surface area contributed by atoms with E-state index in [9.17, 15) is 9.59 Å². The number of hydrogen-bond donors (Lipinski definition) is 2. The van der Waals surface area contributed by atoms with Gasteiger partial charge in [0.2, 0.25) is 0 Å². The monoisotopic (exact) mass is 318 g/mol. The summed E-state index contributed by atoms with van der Waals surface area (Å²) >= 11 is 1.42. The van der Waals surface area contributed by atoms with Crippen LogP contribution in [-0.2, 0) is 0 Å². The quantitative estimate of drug-likeness (QED) is 0.906. The molecule has 2 aromatic heterocycles. The minimum atomic E-state index is -0.0980. The number of carbonyl (C=O) groups is 2. The zero-order valence-electron chi connectivity index (χ0n) is 12.3. The van der Waals surface area contributed by atoms with E-state index in [0.717, 1.165) is 25.1 Å². The van der Waals surface area contributed by atoms with Crippen LogP contribution < -0.4 is 5.32 Å².